The van der Waals surface area contributed by atoms with Gasteiger partial charge in [0.15, 0.2) is 6.61 Å². The van der Waals surface area contributed by atoms with E-state index in [-0.39, 0.29) is 12.5 Å². The number of aliphatic hydroxyl groups is 1. The second-order valence-electron chi connectivity index (χ2n) is 6.59. The zero-order chi connectivity index (χ0) is 17.7. The third kappa shape index (κ3) is 5.10. The predicted molar refractivity (Wildman–Crippen MR) is 94.9 cm³/mol. The van der Waals surface area contributed by atoms with Crippen molar-refractivity contribution in [2.45, 2.75) is 39.8 Å². The second kappa shape index (κ2) is 7.49. The molecule has 0 radical (unpaired) electrons. The molecule has 0 aromatic heterocycles. The molecule has 2 aromatic carbocycles. The first-order valence-corrected chi connectivity index (χ1v) is 8.04. The molecule has 0 fully saturated rings. The van der Waals surface area contributed by atoms with Gasteiger partial charge in [-0.25, -0.2) is 0 Å². The number of hydrogen-bond acceptors (Lipinski definition) is 3. The number of benzene rings is 2. The number of nitrogens with one attached hydrogen (secondary N) is 1. The molecule has 128 valence electrons. The van der Waals surface area contributed by atoms with Crippen molar-refractivity contribution in [1.82, 2.24) is 5.32 Å². The molecule has 0 heterocycles. The van der Waals surface area contributed by atoms with Gasteiger partial charge < -0.3 is 15.2 Å². The van der Waals surface area contributed by atoms with Crippen molar-refractivity contribution in [1.29, 1.82) is 0 Å². The first kappa shape index (κ1) is 18.0. The number of hydrogen-bond donors (Lipinski definition) is 2. The van der Waals surface area contributed by atoms with Crippen LogP contribution in [0.1, 0.15) is 36.1 Å². The molecule has 4 heteroatoms. The molecule has 0 atom stereocenters. The fourth-order valence-corrected chi connectivity index (χ4v) is 2.39. The lowest BCUT2D eigenvalue weighted by Crippen LogP contribution is -2.28. The maximum atomic E-state index is 11.9. The van der Waals surface area contributed by atoms with Crippen LogP contribution in [0.25, 0.3) is 0 Å². The van der Waals surface area contributed by atoms with E-state index in [4.69, 9.17) is 4.74 Å². The van der Waals surface area contributed by atoms with Gasteiger partial charge in [0.1, 0.15) is 5.75 Å². The van der Waals surface area contributed by atoms with Gasteiger partial charge in [-0.05, 0) is 50.5 Å². The largest absolute Gasteiger partial charge is 0.484 e. The van der Waals surface area contributed by atoms with Crippen LogP contribution in [0.15, 0.2) is 42.5 Å². The lowest BCUT2D eigenvalue weighted by atomic mass is 9.97. The quantitative estimate of drug-likeness (QED) is 0.856. The maximum absolute atomic E-state index is 11.9. The molecule has 1 amide bonds. The fraction of sp³-hybridized carbons (Fsp3) is 0.350. The summed E-state index contributed by atoms with van der Waals surface area (Å²) in [6.45, 7) is 7.90. The summed E-state index contributed by atoms with van der Waals surface area (Å²) in [5.74, 6) is 0.562. The van der Waals surface area contributed by atoms with E-state index in [0.29, 0.717) is 6.54 Å². The summed E-state index contributed by atoms with van der Waals surface area (Å²) in [6, 6.07) is 13.4. The van der Waals surface area contributed by atoms with Crippen molar-refractivity contribution in [2.75, 3.05) is 6.61 Å². The van der Waals surface area contributed by atoms with Crippen LogP contribution < -0.4 is 10.1 Å². The monoisotopic (exact) mass is 327 g/mol. The average molecular weight is 327 g/mol. The van der Waals surface area contributed by atoms with Crippen molar-refractivity contribution < 1.29 is 14.6 Å². The van der Waals surface area contributed by atoms with Crippen LogP contribution in [0.5, 0.6) is 5.75 Å². The highest BCUT2D eigenvalue weighted by Crippen LogP contribution is 2.20. The van der Waals surface area contributed by atoms with Gasteiger partial charge in [-0.15, -0.1) is 0 Å². The van der Waals surface area contributed by atoms with Gasteiger partial charge in [-0.3, -0.25) is 4.79 Å². The predicted octanol–water partition coefficient (Wildman–Crippen LogP) is 3.23. The average Bonchev–Trinajstić information content (AvgIpc) is 2.51. The van der Waals surface area contributed by atoms with Crippen LogP contribution in [0.4, 0.5) is 0 Å². The third-order valence-corrected chi connectivity index (χ3v) is 3.84. The van der Waals surface area contributed by atoms with Crippen molar-refractivity contribution >= 4 is 5.91 Å². The molecular formula is C20H25NO3. The highest BCUT2D eigenvalue weighted by atomic mass is 16.5. The van der Waals surface area contributed by atoms with Crippen molar-refractivity contribution in [3.8, 4) is 5.75 Å². The molecule has 0 unspecified atom stereocenters. The van der Waals surface area contributed by atoms with Crippen molar-refractivity contribution in [3.05, 3.63) is 64.7 Å². The van der Waals surface area contributed by atoms with E-state index in [2.05, 4.69) is 5.32 Å². The highest BCUT2D eigenvalue weighted by Gasteiger charge is 2.15. The van der Waals surface area contributed by atoms with Gasteiger partial charge in [0, 0.05) is 6.54 Å². The molecular weight excluding hydrogens is 302 g/mol. The number of ether oxygens (including phenoxy) is 1. The lowest BCUT2D eigenvalue weighted by molar-refractivity contribution is -0.123. The first-order chi connectivity index (χ1) is 11.3. The van der Waals surface area contributed by atoms with Gasteiger partial charge in [0.05, 0.1) is 5.60 Å². The molecule has 0 saturated carbocycles. The summed E-state index contributed by atoms with van der Waals surface area (Å²) >= 11 is 0. The summed E-state index contributed by atoms with van der Waals surface area (Å²) in [4.78, 5) is 11.9. The van der Waals surface area contributed by atoms with E-state index in [1.54, 1.807) is 13.8 Å². The van der Waals surface area contributed by atoms with E-state index in [0.717, 1.165) is 22.4 Å². The Morgan fingerprint density at radius 1 is 1.12 bits per heavy atom. The van der Waals surface area contributed by atoms with E-state index in [9.17, 15) is 9.90 Å². The first-order valence-electron chi connectivity index (χ1n) is 8.04. The summed E-state index contributed by atoms with van der Waals surface area (Å²) in [5, 5.41) is 12.8. The van der Waals surface area contributed by atoms with Gasteiger partial charge in [0.2, 0.25) is 0 Å². The van der Waals surface area contributed by atoms with Crippen molar-refractivity contribution in [2.24, 2.45) is 0 Å². The molecule has 2 rings (SSSR count). The van der Waals surface area contributed by atoms with Crippen molar-refractivity contribution in [3.63, 3.8) is 0 Å². The van der Waals surface area contributed by atoms with E-state index >= 15 is 0 Å². The van der Waals surface area contributed by atoms with Gasteiger partial charge >= 0.3 is 0 Å². The number of amides is 1. The minimum absolute atomic E-state index is 0.00828. The Balaban J connectivity index is 1.83. The van der Waals surface area contributed by atoms with Crippen LogP contribution in [0.3, 0.4) is 0 Å². The van der Waals surface area contributed by atoms with Gasteiger partial charge in [0.25, 0.3) is 5.91 Å². The summed E-state index contributed by atoms with van der Waals surface area (Å²) < 4.78 is 5.56. The number of rotatable bonds is 6. The van der Waals surface area contributed by atoms with Crippen LogP contribution in [0.2, 0.25) is 0 Å². The summed E-state index contributed by atoms with van der Waals surface area (Å²) in [6.07, 6.45) is 0. The molecule has 0 bridgehead atoms. The Morgan fingerprint density at radius 2 is 1.79 bits per heavy atom. The standard InChI is InChI=1S/C20H25NO3/c1-14-5-10-18(15(2)11-14)24-13-19(22)21-12-16-6-8-17(9-7-16)20(3,4)23/h5-11,23H,12-13H2,1-4H3,(H,21,22). The zero-order valence-electron chi connectivity index (χ0n) is 14.7. The van der Waals surface area contributed by atoms with Crippen LogP contribution in [-0.2, 0) is 16.9 Å². The normalized spacial score (nSPS) is 11.2. The Bertz CT molecular complexity index is 700. The molecule has 0 aliphatic heterocycles. The molecule has 2 N–H and O–H groups in total. The Labute approximate surface area is 143 Å². The van der Waals surface area contributed by atoms with Crippen LogP contribution >= 0.6 is 0 Å². The molecule has 0 saturated heterocycles. The summed E-state index contributed by atoms with van der Waals surface area (Å²) in [5.41, 5.74) is 3.14. The van der Waals surface area contributed by atoms with E-state index < -0.39 is 5.60 Å². The fourth-order valence-electron chi connectivity index (χ4n) is 2.39. The second-order valence-corrected chi connectivity index (χ2v) is 6.59. The number of carbonyl (C=O) groups excluding carboxylic acids is 1. The zero-order valence-corrected chi connectivity index (χ0v) is 14.7. The number of carbonyl (C=O) groups is 1. The third-order valence-electron chi connectivity index (χ3n) is 3.84. The van der Waals surface area contributed by atoms with E-state index in [1.165, 1.54) is 5.56 Å². The molecule has 4 nitrogen and oxygen atoms in total. The summed E-state index contributed by atoms with van der Waals surface area (Å²) in [7, 11) is 0. The number of aryl methyl sites for hydroxylation is 2. The maximum Gasteiger partial charge on any atom is 0.258 e. The van der Waals surface area contributed by atoms with Crippen LogP contribution in [-0.4, -0.2) is 17.6 Å². The highest BCUT2D eigenvalue weighted by molar-refractivity contribution is 5.77. The SMILES string of the molecule is Cc1ccc(OCC(=O)NCc2ccc(C(C)(C)O)cc2)c(C)c1. The smallest absolute Gasteiger partial charge is 0.258 e. The Kier molecular flexibility index (Phi) is 5.62. The lowest BCUT2D eigenvalue weighted by Gasteiger charge is -2.18. The minimum Gasteiger partial charge on any atom is -0.484 e. The molecule has 2 aromatic rings. The minimum atomic E-state index is -0.860. The molecule has 0 spiro atoms. The Hall–Kier alpha value is -2.33. The van der Waals surface area contributed by atoms with Gasteiger partial charge in [-0.2, -0.15) is 0 Å². The van der Waals surface area contributed by atoms with Crippen LogP contribution in [0, 0.1) is 13.8 Å². The van der Waals surface area contributed by atoms with Gasteiger partial charge in [-0.1, -0.05) is 42.0 Å². The topological polar surface area (TPSA) is 58.6 Å². The van der Waals surface area contributed by atoms with E-state index in [1.807, 2.05) is 56.3 Å². The Morgan fingerprint density at radius 3 is 2.38 bits per heavy atom. The molecule has 0 aliphatic carbocycles. The molecule has 0 aliphatic rings. The molecule has 24 heavy (non-hydrogen) atoms.